The minimum atomic E-state index is -0.617. The third-order valence-corrected chi connectivity index (χ3v) is 8.11. The molecule has 44 heavy (non-hydrogen) atoms. The van der Waals surface area contributed by atoms with Crippen molar-refractivity contribution in [1.29, 1.82) is 0 Å². The molecule has 1 unspecified atom stereocenters. The van der Waals surface area contributed by atoms with Gasteiger partial charge in [-0.1, -0.05) is 71.6 Å². The molecule has 0 saturated carbocycles. The summed E-state index contributed by atoms with van der Waals surface area (Å²) >= 11 is 3.36. The second-order valence-corrected chi connectivity index (χ2v) is 11.9. The number of ether oxygens (including phenoxy) is 2. The van der Waals surface area contributed by atoms with Crippen molar-refractivity contribution < 1.29 is 14.6 Å². The van der Waals surface area contributed by atoms with E-state index >= 15 is 0 Å². The molecular weight excluding hydrogens is 618 g/mol. The SMILES string of the molecule is C#CCOc1nc(Nc2cccc(OCC(O)CN3CCN(C(c4ccc(C)cc4)c4ccc(C)cc4)CC3)c2)ncc1Br. The van der Waals surface area contributed by atoms with Gasteiger partial charge in [0.25, 0.3) is 0 Å². The highest BCUT2D eigenvalue weighted by atomic mass is 79.9. The Hall–Kier alpha value is -3.94. The molecular formula is C35H38BrN5O3. The number of anilines is 2. The Bertz CT molecular complexity index is 1500. The van der Waals surface area contributed by atoms with Crippen molar-refractivity contribution in [2.75, 3.05) is 51.3 Å². The average Bonchev–Trinajstić information content (AvgIpc) is 3.03. The third-order valence-electron chi connectivity index (χ3n) is 7.56. The molecule has 9 heteroatoms. The average molecular weight is 657 g/mol. The molecule has 0 aliphatic carbocycles. The van der Waals surface area contributed by atoms with Crippen LogP contribution in [0, 0.1) is 26.2 Å². The molecule has 4 aromatic rings. The molecule has 8 nitrogen and oxygen atoms in total. The van der Waals surface area contributed by atoms with E-state index in [-0.39, 0.29) is 19.3 Å². The van der Waals surface area contributed by atoms with Crippen LogP contribution in [0.3, 0.4) is 0 Å². The normalized spacial score (nSPS) is 14.6. The maximum atomic E-state index is 10.8. The number of aryl methyl sites for hydroxylation is 2. The van der Waals surface area contributed by atoms with E-state index in [2.05, 4.69) is 109 Å². The van der Waals surface area contributed by atoms with E-state index in [4.69, 9.17) is 15.9 Å². The standard InChI is InChI=1S/C35H38BrN5O3/c1-4-20-43-34-32(36)22-37-35(39-34)38-29-6-5-7-31(21-29)44-24-30(42)23-40-16-18-41(19-17-40)33(27-12-8-25(2)9-13-27)28-14-10-26(3)11-15-28/h1,5-15,21-22,30,33,42H,16-20,23-24H2,2-3H3,(H,37,38,39). The predicted octanol–water partition coefficient (Wildman–Crippen LogP) is 5.76. The fourth-order valence-corrected chi connectivity index (χ4v) is 5.58. The van der Waals surface area contributed by atoms with Crippen molar-refractivity contribution in [2.45, 2.75) is 26.0 Å². The predicted molar refractivity (Wildman–Crippen MR) is 178 cm³/mol. The number of β-amino-alcohol motifs (C(OH)–C–C–N with tert-alkyl or cyclic N) is 1. The van der Waals surface area contributed by atoms with Gasteiger partial charge in [-0.05, 0) is 53.0 Å². The summed E-state index contributed by atoms with van der Waals surface area (Å²) in [5.74, 6) is 3.79. The van der Waals surface area contributed by atoms with Crippen LogP contribution in [0.1, 0.15) is 28.3 Å². The van der Waals surface area contributed by atoms with E-state index in [0.717, 1.165) is 31.9 Å². The summed E-state index contributed by atoms with van der Waals surface area (Å²) in [7, 11) is 0. The summed E-state index contributed by atoms with van der Waals surface area (Å²) in [6, 6.07) is 25.4. The Morgan fingerprint density at radius 1 is 0.955 bits per heavy atom. The summed E-state index contributed by atoms with van der Waals surface area (Å²) in [5, 5.41) is 14.0. The first kappa shape index (κ1) is 31.5. The topological polar surface area (TPSA) is 83.0 Å². The van der Waals surface area contributed by atoms with Crippen molar-refractivity contribution in [2.24, 2.45) is 0 Å². The maximum Gasteiger partial charge on any atom is 0.233 e. The molecule has 2 N–H and O–H groups in total. The lowest BCUT2D eigenvalue weighted by atomic mass is 9.95. The van der Waals surface area contributed by atoms with Crippen molar-refractivity contribution in [3.8, 4) is 24.0 Å². The fraction of sp³-hybridized carbons (Fsp3) is 0.314. The van der Waals surface area contributed by atoms with Gasteiger partial charge in [0.1, 0.15) is 18.5 Å². The smallest absolute Gasteiger partial charge is 0.233 e. The van der Waals surface area contributed by atoms with Gasteiger partial charge in [0, 0.05) is 44.5 Å². The van der Waals surface area contributed by atoms with Crippen LogP contribution in [-0.2, 0) is 0 Å². The number of aliphatic hydroxyl groups is 1. The van der Waals surface area contributed by atoms with E-state index in [1.807, 2.05) is 24.3 Å². The van der Waals surface area contributed by atoms with Crippen molar-refractivity contribution in [1.82, 2.24) is 19.8 Å². The van der Waals surface area contributed by atoms with Crippen LogP contribution in [0.2, 0.25) is 0 Å². The van der Waals surface area contributed by atoms with Crippen LogP contribution in [-0.4, -0.2) is 76.9 Å². The number of hydrogen-bond donors (Lipinski definition) is 2. The van der Waals surface area contributed by atoms with E-state index in [1.165, 1.54) is 22.3 Å². The van der Waals surface area contributed by atoms with Gasteiger partial charge in [-0.3, -0.25) is 9.80 Å². The van der Waals surface area contributed by atoms with Crippen molar-refractivity contribution >= 4 is 27.6 Å². The van der Waals surface area contributed by atoms with Gasteiger partial charge in [-0.2, -0.15) is 4.98 Å². The van der Waals surface area contributed by atoms with E-state index < -0.39 is 6.10 Å². The van der Waals surface area contributed by atoms with Crippen LogP contribution in [0.4, 0.5) is 11.6 Å². The number of piperazine rings is 1. The molecule has 1 aliphatic heterocycles. The van der Waals surface area contributed by atoms with Crippen LogP contribution < -0.4 is 14.8 Å². The van der Waals surface area contributed by atoms with E-state index in [9.17, 15) is 5.11 Å². The first-order valence-electron chi connectivity index (χ1n) is 14.7. The molecule has 1 saturated heterocycles. The lowest BCUT2D eigenvalue weighted by molar-refractivity contribution is 0.0401. The number of benzene rings is 3. The number of aliphatic hydroxyl groups excluding tert-OH is 1. The first-order chi connectivity index (χ1) is 21.4. The molecule has 2 heterocycles. The summed E-state index contributed by atoms with van der Waals surface area (Å²) in [5.41, 5.74) is 5.89. The van der Waals surface area contributed by atoms with Crippen molar-refractivity contribution in [3.05, 3.63) is 106 Å². The van der Waals surface area contributed by atoms with Gasteiger partial charge in [0.05, 0.1) is 16.7 Å². The molecule has 3 aromatic carbocycles. The summed E-state index contributed by atoms with van der Waals surface area (Å²) < 4.78 is 12.0. The van der Waals surface area contributed by atoms with E-state index in [0.29, 0.717) is 28.6 Å². The zero-order valence-electron chi connectivity index (χ0n) is 25.1. The molecule has 5 rings (SSSR count). The third kappa shape index (κ3) is 8.58. The molecule has 1 atom stereocenters. The van der Waals surface area contributed by atoms with Crippen LogP contribution >= 0.6 is 15.9 Å². The second-order valence-electron chi connectivity index (χ2n) is 11.0. The zero-order valence-corrected chi connectivity index (χ0v) is 26.7. The largest absolute Gasteiger partial charge is 0.491 e. The maximum absolute atomic E-state index is 10.8. The Balaban J connectivity index is 1.13. The van der Waals surface area contributed by atoms with Crippen LogP contribution in [0.5, 0.6) is 11.6 Å². The minimum Gasteiger partial charge on any atom is -0.491 e. The number of aromatic nitrogens is 2. The quantitative estimate of drug-likeness (QED) is 0.187. The molecule has 1 aliphatic rings. The molecule has 0 bridgehead atoms. The molecule has 1 aromatic heterocycles. The minimum absolute atomic E-state index is 0.109. The van der Waals surface area contributed by atoms with Crippen molar-refractivity contribution in [3.63, 3.8) is 0 Å². The monoisotopic (exact) mass is 655 g/mol. The zero-order chi connectivity index (χ0) is 30.9. The number of hydrogen-bond acceptors (Lipinski definition) is 8. The molecule has 1 fully saturated rings. The van der Waals surface area contributed by atoms with Gasteiger partial charge in [0.2, 0.25) is 11.8 Å². The summed E-state index contributed by atoms with van der Waals surface area (Å²) in [6.07, 6.45) is 6.27. The number of terminal acetylenes is 1. The van der Waals surface area contributed by atoms with E-state index in [1.54, 1.807) is 6.20 Å². The second kappa shape index (κ2) is 15.2. The summed E-state index contributed by atoms with van der Waals surface area (Å²) in [4.78, 5) is 13.5. The van der Waals surface area contributed by atoms with Gasteiger partial charge in [0.15, 0.2) is 6.61 Å². The molecule has 0 spiro atoms. The molecule has 0 radical (unpaired) electrons. The highest BCUT2D eigenvalue weighted by Gasteiger charge is 2.27. The Morgan fingerprint density at radius 2 is 1.61 bits per heavy atom. The lowest BCUT2D eigenvalue weighted by Crippen LogP contribution is -2.50. The lowest BCUT2D eigenvalue weighted by Gasteiger charge is -2.40. The summed E-state index contributed by atoms with van der Waals surface area (Å²) in [6.45, 7) is 8.70. The Kier molecular flexibility index (Phi) is 10.9. The number of nitrogens with zero attached hydrogens (tertiary/aromatic N) is 4. The Labute approximate surface area is 268 Å². The van der Waals surface area contributed by atoms with Gasteiger partial charge >= 0.3 is 0 Å². The molecule has 0 amide bonds. The Morgan fingerprint density at radius 3 is 2.25 bits per heavy atom. The van der Waals surface area contributed by atoms with Gasteiger partial charge in [-0.25, -0.2) is 4.98 Å². The number of nitrogens with one attached hydrogen (secondary N) is 1. The fourth-order valence-electron chi connectivity index (χ4n) is 5.27. The molecule has 228 valence electrons. The highest BCUT2D eigenvalue weighted by molar-refractivity contribution is 9.10. The number of rotatable bonds is 12. The van der Waals surface area contributed by atoms with Crippen LogP contribution in [0.15, 0.2) is 83.5 Å². The van der Waals surface area contributed by atoms with Gasteiger partial charge in [-0.15, -0.1) is 6.42 Å². The van der Waals surface area contributed by atoms with Crippen LogP contribution in [0.25, 0.3) is 0 Å². The first-order valence-corrected chi connectivity index (χ1v) is 15.5. The van der Waals surface area contributed by atoms with Gasteiger partial charge < -0.3 is 19.9 Å². The number of halogens is 1. The highest BCUT2D eigenvalue weighted by Crippen LogP contribution is 2.30.